The lowest BCUT2D eigenvalue weighted by Gasteiger charge is -2.06. The lowest BCUT2D eigenvalue weighted by Crippen LogP contribution is -2.24. The summed E-state index contributed by atoms with van der Waals surface area (Å²) in [4.78, 5) is 11.7. The maximum atomic E-state index is 11.8. The summed E-state index contributed by atoms with van der Waals surface area (Å²) in [6.45, 7) is 2.38. The van der Waals surface area contributed by atoms with Crippen LogP contribution in [-0.4, -0.2) is 20.9 Å². The van der Waals surface area contributed by atoms with Crippen LogP contribution >= 0.6 is 26.6 Å². The van der Waals surface area contributed by atoms with E-state index in [1.165, 1.54) is 18.2 Å². The van der Waals surface area contributed by atoms with Crippen molar-refractivity contribution in [1.82, 2.24) is 5.32 Å². The summed E-state index contributed by atoms with van der Waals surface area (Å²) in [5.74, 6) is -0.340. The highest BCUT2D eigenvalue weighted by Crippen LogP contribution is 2.22. The minimum absolute atomic E-state index is 0.109. The number of benzene rings is 1. The zero-order valence-corrected chi connectivity index (χ0v) is 13.3. The number of allylic oxidation sites excluding steroid dienone is 1. The van der Waals surface area contributed by atoms with Crippen LogP contribution in [0.15, 0.2) is 39.7 Å². The topological polar surface area (TPSA) is 63.2 Å². The van der Waals surface area contributed by atoms with E-state index < -0.39 is 9.05 Å². The van der Waals surface area contributed by atoms with Gasteiger partial charge in [0, 0.05) is 27.3 Å². The lowest BCUT2D eigenvalue weighted by atomic mass is 10.2. The average molecular weight is 367 g/mol. The van der Waals surface area contributed by atoms with Gasteiger partial charge in [0.15, 0.2) is 0 Å². The van der Waals surface area contributed by atoms with Crippen LogP contribution < -0.4 is 5.32 Å². The molecule has 0 fully saturated rings. The van der Waals surface area contributed by atoms with Crippen molar-refractivity contribution < 1.29 is 13.2 Å². The molecular weight excluding hydrogens is 354 g/mol. The SMILES string of the molecule is C/C=C/CCNC(=O)c1cc(Br)cc(S(=O)(=O)Cl)c1. The molecule has 0 atom stereocenters. The van der Waals surface area contributed by atoms with Crippen LogP contribution in [0.3, 0.4) is 0 Å². The molecule has 1 rings (SSSR count). The molecule has 1 aromatic rings. The van der Waals surface area contributed by atoms with Crippen LogP contribution in [0.1, 0.15) is 23.7 Å². The van der Waals surface area contributed by atoms with Crippen LogP contribution in [0.5, 0.6) is 0 Å². The van der Waals surface area contributed by atoms with E-state index in [0.717, 1.165) is 6.42 Å². The second kappa shape index (κ2) is 7.07. The largest absolute Gasteiger partial charge is 0.352 e. The fraction of sp³-hybridized carbons (Fsp3) is 0.250. The molecule has 104 valence electrons. The maximum Gasteiger partial charge on any atom is 0.261 e. The smallest absolute Gasteiger partial charge is 0.261 e. The van der Waals surface area contributed by atoms with Crippen molar-refractivity contribution in [2.75, 3.05) is 6.54 Å². The van der Waals surface area contributed by atoms with Crippen molar-refractivity contribution in [1.29, 1.82) is 0 Å². The third kappa shape index (κ3) is 5.34. The van der Waals surface area contributed by atoms with Gasteiger partial charge in [-0.15, -0.1) is 0 Å². The number of carbonyl (C=O) groups is 1. The van der Waals surface area contributed by atoms with Crippen molar-refractivity contribution in [3.05, 3.63) is 40.4 Å². The van der Waals surface area contributed by atoms with Gasteiger partial charge in [0.2, 0.25) is 0 Å². The molecule has 0 saturated heterocycles. The number of nitrogens with one attached hydrogen (secondary N) is 1. The van der Waals surface area contributed by atoms with E-state index in [9.17, 15) is 13.2 Å². The summed E-state index contributed by atoms with van der Waals surface area (Å²) in [6, 6.07) is 4.13. The molecular formula is C12H13BrClNO3S. The zero-order valence-electron chi connectivity index (χ0n) is 10.2. The molecule has 0 aliphatic rings. The first-order chi connectivity index (χ1) is 8.84. The van der Waals surface area contributed by atoms with Gasteiger partial charge in [0.25, 0.3) is 15.0 Å². The van der Waals surface area contributed by atoms with Gasteiger partial charge in [-0.25, -0.2) is 8.42 Å². The summed E-state index contributed by atoms with van der Waals surface area (Å²) >= 11 is 3.15. The molecule has 0 saturated carbocycles. The van der Waals surface area contributed by atoms with Gasteiger partial charge in [-0.3, -0.25) is 4.79 Å². The predicted octanol–water partition coefficient (Wildman–Crippen LogP) is 3.07. The minimum Gasteiger partial charge on any atom is -0.352 e. The lowest BCUT2D eigenvalue weighted by molar-refractivity contribution is 0.0954. The van der Waals surface area contributed by atoms with Gasteiger partial charge in [0.05, 0.1) is 4.90 Å². The van der Waals surface area contributed by atoms with Gasteiger partial charge in [-0.05, 0) is 31.5 Å². The molecule has 0 aliphatic heterocycles. The fourth-order valence-corrected chi connectivity index (χ4v) is 2.82. The predicted molar refractivity (Wildman–Crippen MR) is 78.9 cm³/mol. The van der Waals surface area contributed by atoms with Crippen molar-refractivity contribution in [2.45, 2.75) is 18.2 Å². The number of amides is 1. The highest BCUT2D eigenvalue weighted by Gasteiger charge is 2.15. The quantitative estimate of drug-likeness (QED) is 0.495. The number of halogens is 2. The Morgan fingerprint density at radius 3 is 2.68 bits per heavy atom. The number of carbonyl (C=O) groups excluding carboxylic acids is 1. The molecule has 1 amide bonds. The Morgan fingerprint density at radius 2 is 2.11 bits per heavy atom. The standard InChI is InChI=1S/C12H13BrClNO3S/c1-2-3-4-5-15-12(16)9-6-10(13)8-11(7-9)19(14,17)18/h2-3,6-8H,4-5H2,1H3,(H,15,16)/b3-2+. The summed E-state index contributed by atoms with van der Waals surface area (Å²) in [7, 11) is 1.40. The van der Waals surface area contributed by atoms with Crippen LogP contribution in [0, 0.1) is 0 Å². The fourth-order valence-electron chi connectivity index (χ4n) is 1.37. The summed E-state index contributed by atoms with van der Waals surface area (Å²) in [5.41, 5.74) is 0.245. The van der Waals surface area contributed by atoms with E-state index in [0.29, 0.717) is 11.0 Å². The normalized spacial score (nSPS) is 11.7. The molecule has 0 heterocycles. The minimum atomic E-state index is -3.86. The van der Waals surface area contributed by atoms with Crippen molar-refractivity contribution >= 4 is 41.6 Å². The highest BCUT2D eigenvalue weighted by atomic mass is 79.9. The number of hydrogen-bond acceptors (Lipinski definition) is 3. The Bertz CT molecular complexity index is 599. The molecule has 0 bridgehead atoms. The number of hydrogen-bond donors (Lipinski definition) is 1. The van der Waals surface area contributed by atoms with Gasteiger partial charge in [-0.2, -0.15) is 0 Å². The van der Waals surface area contributed by atoms with Crippen molar-refractivity contribution in [3.63, 3.8) is 0 Å². The van der Waals surface area contributed by atoms with E-state index in [1.807, 2.05) is 19.1 Å². The Labute approximate surface area is 125 Å². The van der Waals surface area contributed by atoms with Crippen molar-refractivity contribution in [2.24, 2.45) is 0 Å². The van der Waals surface area contributed by atoms with E-state index in [2.05, 4.69) is 21.2 Å². The zero-order chi connectivity index (χ0) is 14.5. The van der Waals surface area contributed by atoms with Crippen LogP contribution in [-0.2, 0) is 9.05 Å². The second-order valence-corrected chi connectivity index (χ2v) is 7.21. The molecule has 1 N–H and O–H groups in total. The number of rotatable bonds is 5. The Hall–Kier alpha value is -0.850. The third-order valence-corrected chi connectivity index (χ3v) is 4.04. The Morgan fingerprint density at radius 1 is 1.42 bits per heavy atom. The van der Waals surface area contributed by atoms with Crippen LogP contribution in [0.2, 0.25) is 0 Å². The summed E-state index contributed by atoms with van der Waals surface area (Å²) in [5, 5.41) is 2.69. The molecule has 7 heteroatoms. The van der Waals surface area contributed by atoms with Gasteiger partial charge >= 0.3 is 0 Å². The molecule has 0 unspecified atom stereocenters. The molecule has 19 heavy (non-hydrogen) atoms. The molecule has 4 nitrogen and oxygen atoms in total. The first-order valence-electron chi connectivity index (χ1n) is 5.49. The van der Waals surface area contributed by atoms with E-state index >= 15 is 0 Å². The summed E-state index contributed by atoms with van der Waals surface area (Å²) in [6.07, 6.45) is 4.54. The highest BCUT2D eigenvalue weighted by molar-refractivity contribution is 9.10. The second-order valence-electron chi connectivity index (χ2n) is 3.73. The van der Waals surface area contributed by atoms with Gasteiger partial charge in [0.1, 0.15) is 0 Å². The average Bonchev–Trinajstić information content (AvgIpc) is 2.32. The molecule has 0 spiro atoms. The first kappa shape index (κ1) is 16.2. The monoisotopic (exact) mass is 365 g/mol. The van der Waals surface area contributed by atoms with Gasteiger partial charge in [-0.1, -0.05) is 28.1 Å². The van der Waals surface area contributed by atoms with Crippen LogP contribution in [0.4, 0.5) is 0 Å². The van der Waals surface area contributed by atoms with Crippen LogP contribution in [0.25, 0.3) is 0 Å². The summed E-state index contributed by atoms with van der Waals surface area (Å²) < 4.78 is 23.0. The van der Waals surface area contributed by atoms with E-state index in [-0.39, 0.29) is 16.4 Å². The molecule has 1 aromatic carbocycles. The van der Waals surface area contributed by atoms with Gasteiger partial charge < -0.3 is 5.32 Å². The molecule has 0 aromatic heterocycles. The van der Waals surface area contributed by atoms with E-state index in [1.54, 1.807) is 0 Å². The molecule has 0 radical (unpaired) electrons. The first-order valence-corrected chi connectivity index (χ1v) is 8.59. The Balaban J connectivity index is 2.89. The maximum absolute atomic E-state index is 11.8. The van der Waals surface area contributed by atoms with Crippen molar-refractivity contribution in [3.8, 4) is 0 Å². The third-order valence-electron chi connectivity index (χ3n) is 2.25. The Kier molecular flexibility index (Phi) is 6.03. The molecule has 0 aliphatic carbocycles. The van der Waals surface area contributed by atoms with E-state index in [4.69, 9.17) is 10.7 Å².